The van der Waals surface area contributed by atoms with E-state index in [1.54, 1.807) is 18.2 Å². The highest BCUT2D eigenvalue weighted by Gasteiger charge is 2.41. The van der Waals surface area contributed by atoms with Crippen LogP contribution in [-0.4, -0.2) is 79.1 Å². The van der Waals surface area contributed by atoms with Crippen molar-refractivity contribution in [3.8, 4) is 11.4 Å². The van der Waals surface area contributed by atoms with Crippen LogP contribution in [-0.2, 0) is 26.0 Å². The Morgan fingerprint density at radius 3 is 2.69 bits per heavy atom. The van der Waals surface area contributed by atoms with E-state index in [9.17, 15) is 8.42 Å². The van der Waals surface area contributed by atoms with Gasteiger partial charge in [0, 0.05) is 44.3 Å². The SMILES string of the molecule is CCN(CC)S(=O)(=O)c1cccc(-c2nnc(N3C[C@H]4C[C@@H]3CO4)n2CC2CCOC2)c1. The van der Waals surface area contributed by atoms with E-state index in [0.717, 1.165) is 57.3 Å². The monoisotopic (exact) mass is 461 g/mol. The van der Waals surface area contributed by atoms with E-state index < -0.39 is 10.0 Å². The van der Waals surface area contributed by atoms with Crippen LogP contribution in [0.1, 0.15) is 26.7 Å². The molecule has 3 fully saturated rings. The Balaban J connectivity index is 1.53. The Hall–Kier alpha value is -2.01. The number of rotatable bonds is 8. The molecule has 32 heavy (non-hydrogen) atoms. The van der Waals surface area contributed by atoms with E-state index in [4.69, 9.17) is 9.47 Å². The molecular weight excluding hydrogens is 430 g/mol. The number of aromatic nitrogens is 3. The molecule has 3 atom stereocenters. The minimum absolute atomic E-state index is 0.256. The van der Waals surface area contributed by atoms with Gasteiger partial charge < -0.3 is 14.4 Å². The number of nitrogens with zero attached hydrogens (tertiary/aromatic N) is 5. The van der Waals surface area contributed by atoms with Crippen molar-refractivity contribution in [3.63, 3.8) is 0 Å². The summed E-state index contributed by atoms with van der Waals surface area (Å²) in [6.45, 7) is 8.36. The van der Waals surface area contributed by atoms with E-state index in [1.807, 2.05) is 19.9 Å². The summed E-state index contributed by atoms with van der Waals surface area (Å²) >= 11 is 0. The fourth-order valence-corrected chi connectivity index (χ4v) is 6.53. The Morgan fingerprint density at radius 2 is 2.03 bits per heavy atom. The number of fused-ring (bicyclic) bond motifs is 2. The first kappa shape index (κ1) is 21.8. The zero-order chi connectivity index (χ0) is 22.3. The molecule has 174 valence electrons. The Kier molecular flexibility index (Phi) is 5.96. The van der Waals surface area contributed by atoms with Crippen molar-refractivity contribution in [1.82, 2.24) is 19.1 Å². The van der Waals surface area contributed by atoms with E-state index >= 15 is 0 Å². The maximum Gasteiger partial charge on any atom is 0.243 e. The lowest BCUT2D eigenvalue weighted by molar-refractivity contribution is 0.0983. The molecule has 2 aromatic rings. The van der Waals surface area contributed by atoms with Crippen molar-refractivity contribution in [2.24, 2.45) is 5.92 Å². The molecule has 1 unspecified atom stereocenters. The standard InChI is InChI=1S/C22H31N5O4S/c1-3-25(4-2)32(28,29)20-7-5-6-17(10-20)21-23-24-22(26-13-19-11-18(26)15-31-19)27(21)12-16-8-9-30-14-16/h5-7,10,16,18-19H,3-4,8-9,11-15H2,1-2H3/t16?,18-,19-/m1/s1. The molecule has 3 aliphatic heterocycles. The van der Waals surface area contributed by atoms with Crippen LogP contribution in [0.4, 0.5) is 5.95 Å². The average Bonchev–Trinajstić information content (AvgIpc) is 3.60. The van der Waals surface area contributed by atoms with Crippen molar-refractivity contribution >= 4 is 16.0 Å². The smallest absolute Gasteiger partial charge is 0.243 e. The van der Waals surface area contributed by atoms with Crippen molar-refractivity contribution in [1.29, 1.82) is 0 Å². The fourth-order valence-electron chi connectivity index (χ4n) is 5.03. The average molecular weight is 462 g/mol. The van der Waals surface area contributed by atoms with E-state index in [2.05, 4.69) is 19.7 Å². The summed E-state index contributed by atoms with van der Waals surface area (Å²) < 4.78 is 41.2. The quantitative estimate of drug-likeness (QED) is 0.594. The first-order chi connectivity index (χ1) is 15.5. The first-order valence-corrected chi connectivity index (χ1v) is 12.9. The molecule has 10 heteroatoms. The molecule has 0 saturated carbocycles. The molecule has 3 saturated heterocycles. The molecule has 5 rings (SSSR count). The van der Waals surface area contributed by atoms with Gasteiger partial charge in [-0.1, -0.05) is 26.0 Å². The number of anilines is 1. The van der Waals surface area contributed by atoms with Crippen molar-refractivity contribution < 1.29 is 17.9 Å². The van der Waals surface area contributed by atoms with Crippen LogP contribution in [0.3, 0.4) is 0 Å². The van der Waals surface area contributed by atoms with E-state index in [1.165, 1.54) is 4.31 Å². The van der Waals surface area contributed by atoms with Crippen LogP contribution in [0.25, 0.3) is 11.4 Å². The highest BCUT2D eigenvalue weighted by molar-refractivity contribution is 7.89. The molecular formula is C22H31N5O4S. The zero-order valence-electron chi connectivity index (χ0n) is 18.7. The van der Waals surface area contributed by atoms with Crippen LogP contribution in [0, 0.1) is 5.92 Å². The van der Waals surface area contributed by atoms with Gasteiger partial charge in [-0.05, 0) is 25.0 Å². The largest absolute Gasteiger partial charge is 0.381 e. The Bertz CT molecular complexity index is 1060. The van der Waals surface area contributed by atoms with Crippen LogP contribution < -0.4 is 4.90 Å². The van der Waals surface area contributed by atoms with Crippen LogP contribution >= 0.6 is 0 Å². The number of hydrogen-bond acceptors (Lipinski definition) is 7. The predicted octanol–water partition coefficient (Wildman–Crippen LogP) is 1.99. The van der Waals surface area contributed by atoms with Gasteiger partial charge in [-0.2, -0.15) is 4.31 Å². The highest BCUT2D eigenvalue weighted by Crippen LogP contribution is 2.35. The molecule has 0 N–H and O–H groups in total. The molecule has 1 aromatic carbocycles. The second-order valence-electron chi connectivity index (χ2n) is 8.78. The van der Waals surface area contributed by atoms with Gasteiger partial charge in [0.2, 0.25) is 16.0 Å². The normalized spacial score (nSPS) is 25.3. The number of hydrogen-bond donors (Lipinski definition) is 0. The van der Waals surface area contributed by atoms with Crippen LogP contribution in [0.15, 0.2) is 29.2 Å². The minimum Gasteiger partial charge on any atom is -0.381 e. The molecule has 4 heterocycles. The van der Waals surface area contributed by atoms with Gasteiger partial charge in [-0.3, -0.25) is 4.57 Å². The maximum atomic E-state index is 13.1. The van der Waals surface area contributed by atoms with Crippen molar-refractivity contribution in [3.05, 3.63) is 24.3 Å². The summed E-state index contributed by atoms with van der Waals surface area (Å²) in [6.07, 6.45) is 2.28. The van der Waals surface area contributed by atoms with Gasteiger partial charge in [0.1, 0.15) is 0 Å². The molecule has 1 aromatic heterocycles. The van der Waals surface area contributed by atoms with Gasteiger partial charge in [0.15, 0.2) is 5.82 Å². The molecule has 9 nitrogen and oxygen atoms in total. The third-order valence-corrected chi connectivity index (χ3v) is 8.83. The lowest BCUT2D eigenvalue weighted by atomic mass is 10.1. The fraction of sp³-hybridized carbons (Fsp3) is 0.636. The van der Waals surface area contributed by atoms with Crippen LogP contribution in [0.5, 0.6) is 0 Å². The topological polar surface area (TPSA) is 89.8 Å². The third kappa shape index (κ3) is 3.83. The summed E-state index contributed by atoms with van der Waals surface area (Å²) in [7, 11) is -3.55. The van der Waals surface area contributed by atoms with Gasteiger partial charge in [-0.15, -0.1) is 10.2 Å². The first-order valence-electron chi connectivity index (χ1n) is 11.5. The number of ether oxygens (including phenoxy) is 2. The number of benzene rings is 1. The van der Waals surface area contributed by atoms with Crippen molar-refractivity contribution in [2.45, 2.75) is 50.3 Å². The zero-order valence-corrected chi connectivity index (χ0v) is 19.5. The molecule has 0 amide bonds. The second kappa shape index (κ2) is 8.74. The Labute approximate surface area is 189 Å². The summed E-state index contributed by atoms with van der Waals surface area (Å²) in [5.74, 6) is 1.94. The van der Waals surface area contributed by atoms with Crippen LogP contribution in [0.2, 0.25) is 0 Å². The second-order valence-corrected chi connectivity index (χ2v) is 10.7. The summed E-state index contributed by atoms with van der Waals surface area (Å²) in [6, 6.07) is 7.40. The molecule has 0 aliphatic carbocycles. The maximum absolute atomic E-state index is 13.1. The minimum atomic E-state index is -3.55. The van der Waals surface area contributed by atoms with Gasteiger partial charge in [0.25, 0.3) is 0 Å². The van der Waals surface area contributed by atoms with Crippen molar-refractivity contribution in [2.75, 3.05) is 44.4 Å². The van der Waals surface area contributed by atoms with Gasteiger partial charge in [0.05, 0.1) is 30.3 Å². The lowest BCUT2D eigenvalue weighted by Crippen LogP contribution is -2.39. The third-order valence-electron chi connectivity index (χ3n) is 6.79. The van der Waals surface area contributed by atoms with Gasteiger partial charge in [-0.25, -0.2) is 8.42 Å². The van der Waals surface area contributed by atoms with Gasteiger partial charge >= 0.3 is 0 Å². The molecule has 2 bridgehead atoms. The highest BCUT2D eigenvalue weighted by atomic mass is 32.2. The molecule has 0 radical (unpaired) electrons. The summed E-state index contributed by atoms with van der Waals surface area (Å²) in [5.41, 5.74) is 0.761. The lowest BCUT2D eigenvalue weighted by Gasteiger charge is -2.28. The Morgan fingerprint density at radius 1 is 1.19 bits per heavy atom. The predicted molar refractivity (Wildman–Crippen MR) is 120 cm³/mol. The molecule has 0 spiro atoms. The van der Waals surface area contributed by atoms with E-state index in [-0.39, 0.29) is 11.0 Å². The summed E-state index contributed by atoms with van der Waals surface area (Å²) in [4.78, 5) is 2.59. The summed E-state index contributed by atoms with van der Waals surface area (Å²) in [5, 5.41) is 9.12. The number of sulfonamides is 1. The molecule has 3 aliphatic rings. The van der Waals surface area contributed by atoms with E-state index in [0.29, 0.717) is 30.9 Å². The number of morpholine rings is 1.